The minimum absolute atomic E-state index is 0.668. The number of hydrogen-bond acceptors (Lipinski definition) is 2. The molecule has 0 saturated heterocycles. The van der Waals surface area contributed by atoms with Gasteiger partial charge in [0.05, 0.1) is 7.11 Å². The molecule has 0 spiro atoms. The molecule has 2 N–H and O–H groups in total. The van der Waals surface area contributed by atoms with Gasteiger partial charge in [0.15, 0.2) is 0 Å². The van der Waals surface area contributed by atoms with Crippen LogP contribution in [0.1, 0.15) is 38.2 Å². The second-order valence-corrected chi connectivity index (χ2v) is 6.92. The number of benzene rings is 1. The lowest BCUT2D eigenvalue weighted by Gasteiger charge is -2.35. The summed E-state index contributed by atoms with van der Waals surface area (Å²) in [6, 6.07) is 6.29. The van der Waals surface area contributed by atoms with Crippen molar-refractivity contribution in [3.8, 4) is 5.75 Å². The van der Waals surface area contributed by atoms with E-state index in [-0.39, 0.29) is 0 Å². The Bertz CT molecular complexity index is 435. The molecule has 20 heavy (non-hydrogen) atoms. The Balaban J connectivity index is 2.15. The van der Waals surface area contributed by atoms with Gasteiger partial charge in [-0.2, -0.15) is 0 Å². The van der Waals surface area contributed by atoms with Gasteiger partial charge in [-0.25, -0.2) is 0 Å². The van der Waals surface area contributed by atoms with Crippen LogP contribution in [-0.2, 0) is 6.42 Å². The molecule has 1 aromatic carbocycles. The first kappa shape index (κ1) is 15.8. The molecule has 1 fully saturated rings. The molecule has 0 aliphatic heterocycles. The fraction of sp³-hybridized carbons (Fsp3) is 0.647. The molecule has 112 valence electrons. The van der Waals surface area contributed by atoms with Crippen LogP contribution < -0.4 is 10.5 Å². The maximum absolute atomic E-state index is 5.99. The first-order chi connectivity index (χ1) is 9.67. The zero-order valence-electron chi connectivity index (χ0n) is 12.6. The highest BCUT2D eigenvalue weighted by molar-refractivity contribution is 9.10. The minimum Gasteiger partial charge on any atom is -0.496 e. The average molecular weight is 340 g/mol. The largest absolute Gasteiger partial charge is 0.496 e. The van der Waals surface area contributed by atoms with Crippen LogP contribution in [0, 0.1) is 17.8 Å². The van der Waals surface area contributed by atoms with Crippen molar-refractivity contribution in [3.63, 3.8) is 0 Å². The van der Waals surface area contributed by atoms with Crippen LogP contribution >= 0.6 is 15.9 Å². The number of methoxy groups -OCH3 is 1. The number of rotatable bonds is 5. The molecule has 1 aromatic rings. The first-order valence-electron chi connectivity index (χ1n) is 7.70. The smallest absolute Gasteiger partial charge is 0.122 e. The van der Waals surface area contributed by atoms with Crippen LogP contribution in [0.2, 0.25) is 0 Å². The van der Waals surface area contributed by atoms with Crippen LogP contribution in [-0.4, -0.2) is 13.7 Å². The lowest BCUT2D eigenvalue weighted by Crippen LogP contribution is -2.31. The molecule has 1 saturated carbocycles. The Morgan fingerprint density at radius 3 is 2.75 bits per heavy atom. The summed E-state index contributed by atoms with van der Waals surface area (Å²) in [5, 5.41) is 0. The summed E-state index contributed by atoms with van der Waals surface area (Å²) < 4.78 is 6.64. The van der Waals surface area contributed by atoms with E-state index in [0.29, 0.717) is 11.8 Å². The summed E-state index contributed by atoms with van der Waals surface area (Å²) in [5.74, 6) is 3.24. The third kappa shape index (κ3) is 3.76. The van der Waals surface area contributed by atoms with Crippen LogP contribution in [0.25, 0.3) is 0 Å². The van der Waals surface area contributed by atoms with Gasteiger partial charge in [-0.05, 0) is 67.3 Å². The minimum atomic E-state index is 0.668. The Morgan fingerprint density at radius 2 is 2.10 bits per heavy atom. The number of ether oxygens (including phenoxy) is 1. The van der Waals surface area contributed by atoms with Gasteiger partial charge in [0, 0.05) is 4.47 Å². The molecule has 3 atom stereocenters. The van der Waals surface area contributed by atoms with Crippen LogP contribution in [0.5, 0.6) is 5.75 Å². The second kappa shape index (κ2) is 7.46. The lowest BCUT2D eigenvalue weighted by molar-refractivity contribution is 0.179. The summed E-state index contributed by atoms with van der Waals surface area (Å²) >= 11 is 3.57. The zero-order chi connectivity index (χ0) is 14.5. The van der Waals surface area contributed by atoms with Crippen LogP contribution in [0.4, 0.5) is 0 Å². The summed E-state index contributed by atoms with van der Waals surface area (Å²) in [7, 11) is 1.75. The van der Waals surface area contributed by atoms with Crippen molar-refractivity contribution < 1.29 is 4.74 Å². The van der Waals surface area contributed by atoms with E-state index in [1.54, 1.807) is 7.11 Å². The topological polar surface area (TPSA) is 35.2 Å². The van der Waals surface area contributed by atoms with E-state index < -0.39 is 0 Å². The molecule has 3 heteroatoms. The number of hydrogen-bond donors (Lipinski definition) is 1. The SMILES string of the molecule is CCC1CCC(CN)C(Cc2cc(Br)ccc2OC)C1. The van der Waals surface area contributed by atoms with Gasteiger partial charge in [-0.15, -0.1) is 0 Å². The predicted molar refractivity (Wildman–Crippen MR) is 88.1 cm³/mol. The Morgan fingerprint density at radius 1 is 1.30 bits per heavy atom. The van der Waals surface area contributed by atoms with Crippen molar-refractivity contribution in [3.05, 3.63) is 28.2 Å². The number of halogens is 1. The molecule has 2 rings (SSSR count). The van der Waals surface area contributed by atoms with Gasteiger partial charge in [-0.1, -0.05) is 35.7 Å². The van der Waals surface area contributed by atoms with E-state index in [1.165, 1.54) is 31.2 Å². The second-order valence-electron chi connectivity index (χ2n) is 6.00. The van der Waals surface area contributed by atoms with Crippen molar-refractivity contribution in [2.24, 2.45) is 23.5 Å². The maximum Gasteiger partial charge on any atom is 0.122 e. The normalized spacial score (nSPS) is 26.5. The third-order valence-corrected chi connectivity index (χ3v) is 5.35. The van der Waals surface area contributed by atoms with Gasteiger partial charge in [-0.3, -0.25) is 0 Å². The van der Waals surface area contributed by atoms with Crippen LogP contribution in [0.3, 0.4) is 0 Å². The summed E-state index contributed by atoms with van der Waals surface area (Å²) in [6.45, 7) is 3.13. The van der Waals surface area contributed by atoms with Crippen molar-refractivity contribution >= 4 is 15.9 Å². The fourth-order valence-corrected chi connectivity index (χ4v) is 3.95. The molecule has 1 aliphatic rings. The molecule has 0 radical (unpaired) electrons. The molecule has 3 unspecified atom stereocenters. The Hall–Kier alpha value is -0.540. The summed E-state index contributed by atoms with van der Waals surface area (Å²) in [4.78, 5) is 0. The predicted octanol–water partition coefficient (Wildman–Crippen LogP) is 4.40. The monoisotopic (exact) mass is 339 g/mol. The number of nitrogens with two attached hydrogens (primary N) is 1. The zero-order valence-corrected chi connectivity index (χ0v) is 14.2. The van der Waals surface area contributed by atoms with E-state index in [4.69, 9.17) is 10.5 Å². The quantitative estimate of drug-likeness (QED) is 0.862. The van der Waals surface area contributed by atoms with Gasteiger partial charge in [0.25, 0.3) is 0 Å². The summed E-state index contributed by atoms with van der Waals surface area (Å²) in [6.07, 6.45) is 6.33. The summed E-state index contributed by atoms with van der Waals surface area (Å²) in [5.41, 5.74) is 7.30. The van der Waals surface area contributed by atoms with Gasteiger partial charge >= 0.3 is 0 Å². The maximum atomic E-state index is 5.99. The van der Waals surface area contributed by atoms with Crippen LogP contribution in [0.15, 0.2) is 22.7 Å². The molecular weight excluding hydrogens is 314 g/mol. The fourth-order valence-electron chi connectivity index (χ4n) is 3.54. The lowest BCUT2D eigenvalue weighted by atomic mass is 9.71. The van der Waals surface area contributed by atoms with Crippen molar-refractivity contribution in [1.29, 1.82) is 0 Å². The average Bonchev–Trinajstić information content (AvgIpc) is 2.47. The highest BCUT2D eigenvalue weighted by Gasteiger charge is 2.29. The van der Waals surface area contributed by atoms with Crippen molar-refractivity contribution in [1.82, 2.24) is 0 Å². The van der Waals surface area contributed by atoms with Gasteiger partial charge < -0.3 is 10.5 Å². The Labute approximate surface area is 131 Å². The molecular formula is C17H26BrNO. The van der Waals surface area contributed by atoms with E-state index in [0.717, 1.165) is 29.1 Å². The molecule has 0 heterocycles. The molecule has 0 amide bonds. The van der Waals surface area contributed by atoms with E-state index >= 15 is 0 Å². The first-order valence-corrected chi connectivity index (χ1v) is 8.49. The van der Waals surface area contributed by atoms with Crippen molar-refractivity contribution in [2.45, 2.75) is 39.0 Å². The molecule has 0 bridgehead atoms. The molecule has 0 aromatic heterocycles. The third-order valence-electron chi connectivity index (χ3n) is 4.85. The van der Waals surface area contributed by atoms with E-state index in [9.17, 15) is 0 Å². The van der Waals surface area contributed by atoms with Gasteiger partial charge in [0.2, 0.25) is 0 Å². The van der Waals surface area contributed by atoms with E-state index in [1.807, 2.05) is 6.07 Å². The molecule has 2 nitrogen and oxygen atoms in total. The standard InChI is InChI=1S/C17H26BrNO/c1-3-12-4-5-13(11-19)14(8-12)9-15-10-16(18)6-7-17(15)20-2/h6-7,10,12-14H,3-5,8-9,11,19H2,1-2H3. The molecule has 1 aliphatic carbocycles. The highest BCUT2D eigenvalue weighted by atomic mass is 79.9. The van der Waals surface area contributed by atoms with Crippen molar-refractivity contribution in [2.75, 3.05) is 13.7 Å². The highest BCUT2D eigenvalue weighted by Crippen LogP contribution is 2.38. The Kier molecular flexibility index (Phi) is 5.91. The van der Waals surface area contributed by atoms with E-state index in [2.05, 4.69) is 35.0 Å². The van der Waals surface area contributed by atoms with Gasteiger partial charge in [0.1, 0.15) is 5.75 Å².